The van der Waals surface area contributed by atoms with E-state index in [4.69, 9.17) is 9.15 Å². The fourth-order valence-electron chi connectivity index (χ4n) is 1.61. The number of carbonyl (C=O) groups is 1. The first-order chi connectivity index (χ1) is 9.22. The first-order valence-corrected chi connectivity index (χ1v) is 5.78. The van der Waals surface area contributed by atoms with Gasteiger partial charge in [-0.3, -0.25) is 0 Å². The van der Waals surface area contributed by atoms with E-state index in [2.05, 4.69) is 10.1 Å². The fraction of sp³-hybridized carbons (Fsp3) is 0.214. The average Bonchev–Trinajstić information content (AvgIpc) is 2.93. The van der Waals surface area contributed by atoms with E-state index in [-0.39, 0.29) is 5.76 Å². The molecule has 0 bridgehead atoms. The van der Waals surface area contributed by atoms with Gasteiger partial charge >= 0.3 is 5.97 Å². The van der Waals surface area contributed by atoms with Crippen molar-refractivity contribution in [2.45, 2.75) is 6.54 Å². The molecule has 5 nitrogen and oxygen atoms in total. The number of furan rings is 1. The number of benzene rings is 1. The van der Waals surface area contributed by atoms with E-state index in [0.29, 0.717) is 12.3 Å². The van der Waals surface area contributed by atoms with Gasteiger partial charge in [0.15, 0.2) is 0 Å². The Hall–Kier alpha value is -2.43. The third-order valence-electron chi connectivity index (χ3n) is 2.58. The summed E-state index contributed by atoms with van der Waals surface area (Å²) in [5, 5.41) is 3.18. The maximum absolute atomic E-state index is 11.2. The summed E-state index contributed by atoms with van der Waals surface area (Å²) in [6.07, 6.45) is 0. The van der Waals surface area contributed by atoms with E-state index < -0.39 is 5.97 Å². The van der Waals surface area contributed by atoms with Crippen LogP contribution in [0.4, 0.5) is 5.69 Å². The molecule has 0 aliphatic heterocycles. The summed E-state index contributed by atoms with van der Waals surface area (Å²) in [7, 11) is 2.94. The van der Waals surface area contributed by atoms with Crippen LogP contribution in [0.25, 0.3) is 0 Å². The van der Waals surface area contributed by atoms with Gasteiger partial charge in [0.2, 0.25) is 5.76 Å². The van der Waals surface area contributed by atoms with Gasteiger partial charge in [0.1, 0.15) is 11.5 Å². The molecule has 5 heteroatoms. The molecule has 1 aromatic heterocycles. The van der Waals surface area contributed by atoms with Crippen molar-refractivity contribution in [2.75, 3.05) is 19.5 Å². The van der Waals surface area contributed by atoms with Gasteiger partial charge in [0.25, 0.3) is 0 Å². The summed E-state index contributed by atoms with van der Waals surface area (Å²) in [4.78, 5) is 11.2. The van der Waals surface area contributed by atoms with Crippen molar-refractivity contribution in [3.05, 3.63) is 47.9 Å². The molecule has 0 saturated carbocycles. The number of nitrogens with one attached hydrogen (secondary N) is 1. The van der Waals surface area contributed by atoms with E-state index in [1.807, 2.05) is 24.3 Å². The predicted molar refractivity (Wildman–Crippen MR) is 70.4 cm³/mol. The molecule has 0 aliphatic rings. The molecular weight excluding hydrogens is 246 g/mol. The first kappa shape index (κ1) is 13.0. The number of hydrogen-bond acceptors (Lipinski definition) is 5. The molecule has 0 spiro atoms. The lowest BCUT2D eigenvalue weighted by molar-refractivity contribution is 0.0563. The second-order valence-corrected chi connectivity index (χ2v) is 3.84. The SMILES string of the molecule is COC(=O)c1ccc(CNc2cccc(OC)c2)o1. The van der Waals surface area contributed by atoms with Gasteiger partial charge in [0.05, 0.1) is 20.8 Å². The molecule has 1 N–H and O–H groups in total. The van der Waals surface area contributed by atoms with Gasteiger partial charge in [0, 0.05) is 11.8 Å². The van der Waals surface area contributed by atoms with Crippen LogP contribution < -0.4 is 10.1 Å². The maximum atomic E-state index is 11.2. The van der Waals surface area contributed by atoms with Crippen molar-refractivity contribution in [1.82, 2.24) is 0 Å². The van der Waals surface area contributed by atoms with Crippen LogP contribution in [0.5, 0.6) is 5.75 Å². The molecule has 0 radical (unpaired) electrons. The minimum atomic E-state index is -0.479. The van der Waals surface area contributed by atoms with E-state index in [9.17, 15) is 4.79 Å². The van der Waals surface area contributed by atoms with Gasteiger partial charge in [-0.2, -0.15) is 0 Å². The van der Waals surface area contributed by atoms with Gasteiger partial charge in [-0.1, -0.05) is 6.07 Å². The molecular formula is C14H15NO4. The largest absolute Gasteiger partial charge is 0.497 e. The number of anilines is 1. The Morgan fingerprint density at radius 2 is 2.11 bits per heavy atom. The Bertz CT molecular complexity index is 562. The van der Waals surface area contributed by atoms with E-state index >= 15 is 0 Å². The van der Waals surface area contributed by atoms with Crippen molar-refractivity contribution in [2.24, 2.45) is 0 Å². The predicted octanol–water partition coefficient (Wildman–Crippen LogP) is 2.69. The molecule has 19 heavy (non-hydrogen) atoms. The third kappa shape index (κ3) is 3.28. The van der Waals surface area contributed by atoms with Gasteiger partial charge < -0.3 is 19.2 Å². The topological polar surface area (TPSA) is 60.7 Å². The zero-order valence-electron chi connectivity index (χ0n) is 10.8. The number of methoxy groups -OCH3 is 2. The highest BCUT2D eigenvalue weighted by Crippen LogP contribution is 2.18. The molecule has 0 aliphatic carbocycles. The minimum Gasteiger partial charge on any atom is -0.497 e. The van der Waals surface area contributed by atoms with Crippen molar-refractivity contribution in [3.63, 3.8) is 0 Å². The van der Waals surface area contributed by atoms with Crippen molar-refractivity contribution in [1.29, 1.82) is 0 Å². The summed E-state index contributed by atoms with van der Waals surface area (Å²) >= 11 is 0. The van der Waals surface area contributed by atoms with Crippen LogP contribution in [0.3, 0.4) is 0 Å². The van der Waals surface area contributed by atoms with Crippen LogP contribution in [0.1, 0.15) is 16.3 Å². The lowest BCUT2D eigenvalue weighted by Crippen LogP contribution is -2.00. The van der Waals surface area contributed by atoms with Crippen LogP contribution in [0, 0.1) is 0 Å². The van der Waals surface area contributed by atoms with Crippen LogP contribution in [0.15, 0.2) is 40.8 Å². The molecule has 1 aromatic carbocycles. The van der Waals surface area contributed by atoms with Crippen LogP contribution in [-0.4, -0.2) is 20.2 Å². The zero-order valence-corrected chi connectivity index (χ0v) is 10.8. The van der Waals surface area contributed by atoms with E-state index in [1.54, 1.807) is 19.2 Å². The number of ether oxygens (including phenoxy) is 2. The van der Waals surface area contributed by atoms with Crippen molar-refractivity contribution < 1.29 is 18.7 Å². The Balaban J connectivity index is 1.98. The Morgan fingerprint density at radius 1 is 1.26 bits per heavy atom. The lowest BCUT2D eigenvalue weighted by atomic mass is 10.3. The molecule has 0 atom stereocenters. The highest BCUT2D eigenvalue weighted by molar-refractivity contribution is 5.86. The highest BCUT2D eigenvalue weighted by Gasteiger charge is 2.10. The quantitative estimate of drug-likeness (QED) is 0.838. The first-order valence-electron chi connectivity index (χ1n) is 5.78. The minimum absolute atomic E-state index is 0.199. The third-order valence-corrected chi connectivity index (χ3v) is 2.58. The summed E-state index contributed by atoms with van der Waals surface area (Å²) in [6.45, 7) is 0.476. The molecule has 1 heterocycles. The van der Waals surface area contributed by atoms with E-state index in [1.165, 1.54) is 7.11 Å². The highest BCUT2D eigenvalue weighted by atomic mass is 16.5. The normalized spacial score (nSPS) is 10.0. The molecule has 0 saturated heterocycles. The Labute approximate surface area is 111 Å². The summed E-state index contributed by atoms with van der Waals surface area (Å²) in [5.41, 5.74) is 0.912. The van der Waals surface area contributed by atoms with Gasteiger partial charge in [-0.15, -0.1) is 0 Å². The maximum Gasteiger partial charge on any atom is 0.373 e. The second kappa shape index (κ2) is 5.95. The molecule has 0 amide bonds. The summed E-state index contributed by atoms with van der Waals surface area (Å²) < 4.78 is 15.1. The molecule has 0 fully saturated rings. The second-order valence-electron chi connectivity index (χ2n) is 3.84. The molecule has 100 valence electrons. The molecule has 2 aromatic rings. The Morgan fingerprint density at radius 3 is 2.84 bits per heavy atom. The van der Waals surface area contributed by atoms with Crippen LogP contribution >= 0.6 is 0 Å². The van der Waals surface area contributed by atoms with Gasteiger partial charge in [-0.25, -0.2) is 4.79 Å². The molecule has 2 rings (SSSR count). The number of hydrogen-bond donors (Lipinski definition) is 1. The summed E-state index contributed by atoms with van der Waals surface area (Å²) in [5.74, 6) is 1.15. The average molecular weight is 261 g/mol. The summed E-state index contributed by atoms with van der Waals surface area (Å²) in [6, 6.07) is 10.9. The number of carbonyl (C=O) groups excluding carboxylic acids is 1. The van der Waals surface area contributed by atoms with Crippen molar-refractivity contribution >= 4 is 11.7 Å². The molecule has 0 unspecified atom stereocenters. The van der Waals surface area contributed by atoms with Crippen LogP contribution in [0.2, 0.25) is 0 Å². The smallest absolute Gasteiger partial charge is 0.373 e. The van der Waals surface area contributed by atoms with E-state index in [0.717, 1.165) is 11.4 Å². The monoisotopic (exact) mass is 261 g/mol. The number of esters is 1. The standard InChI is InChI=1S/C14H15NO4/c1-17-11-5-3-4-10(8-11)15-9-12-6-7-13(19-12)14(16)18-2/h3-8,15H,9H2,1-2H3. The number of rotatable bonds is 5. The van der Waals surface area contributed by atoms with Crippen LogP contribution in [-0.2, 0) is 11.3 Å². The lowest BCUT2D eigenvalue weighted by Gasteiger charge is -2.06. The fourth-order valence-corrected chi connectivity index (χ4v) is 1.61. The zero-order chi connectivity index (χ0) is 13.7. The van der Waals surface area contributed by atoms with Gasteiger partial charge in [-0.05, 0) is 24.3 Å². The van der Waals surface area contributed by atoms with Crippen molar-refractivity contribution in [3.8, 4) is 5.75 Å². The Kier molecular flexibility index (Phi) is 4.07.